The molecule has 0 saturated heterocycles. The Bertz CT molecular complexity index is 675. The summed E-state index contributed by atoms with van der Waals surface area (Å²) in [5, 5.41) is 2.31. The Kier molecular flexibility index (Phi) is 6.92. The average Bonchev–Trinajstić information content (AvgIpc) is 2.51. The van der Waals surface area contributed by atoms with Crippen molar-refractivity contribution in [3.05, 3.63) is 29.8 Å². The van der Waals surface area contributed by atoms with Crippen LogP contribution < -0.4 is 10.0 Å². The summed E-state index contributed by atoms with van der Waals surface area (Å²) in [6.45, 7) is 5.64. The van der Waals surface area contributed by atoms with E-state index in [2.05, 4.69) is 14.8 Å². The summed E-state index contributed by atoms with van der Waals surface area (Å²) in [5.41, 5.74) is 0.962. The molecule has 1 aromatic rings. The Morgan fingerprint density at radius 1 is 1.12 bits per heavy atom. The molecule has 0 saturated carbocycles. The van der Waals surface area contributed by atoms with Gasteiger partial charge in [-0.1, -0.05) is 32.9 Å². The molecule has 0 fully saturated rings. The predicted octanol–water partition coefficient (Wildman–Crippen LogP) is 0.942. The molecule has 0 aliphatic rings. The number of likely N-dealkylation sites (N-methyl/N-ethyl adjacent to an activating group) is 1. The maximum absolute atomic E-state index is 12.2. The van der Waals surface area contributed by atoms with Gasteiger partial charge in [0.15, 0.2) is 6.61 Å². The van der Waals surface area contributed by atoms with Crippen molar-refractivity contribution < 1.29 is 22.7 Å². The smallest absolute Gasteiger partial charge is 0.307 e. The van der Waals surface area contributed by atoms with Gasteiger partial charge in [-0.3, -0.25) is 9.59 Å². The third-order valence-corrected chi connectivity index (χ3v) is 4.77. The molecule has 0 spiro atoms. The molecular weight excluding hydrogens is 332 g/mol. The van der Waals surface area contributed by atoms with Gasteiger partial charge in [-0.05, 0) is 23.1 Å². The van der Waals surface area contributed by atoms with Crippen LogP contribution in [0.15, 0.2) is 29.2 Å². The summed E-state index contributed by atoms with van der Waals surface area (Å²) in [6.07, 6.45) is -0.156. The number of hydrogen-bond donors (Lipinski definition) is 2. The van der Waals surface area contributed by atoms with Crippen LogP contribution in [0.3, 0.4) is 0 Å². The Morgan fingerprint density at radius 3 is 2.21 bits per heavy atom. The zero-order valence-electron chi connectivity index (χ0n) is 14.4. The highest BCUT2D eigenvalue weighted by Crippen LogP contribution is 2.23. The SMILES string of the molecule is CNC(=O)COC(=O)CCNS(=O)(=O)c1ccc(C(C)(C)C)cc1. The third kappa shape index (κ3) is 6.29. The topological polar surface area (TPSA) is 102 Å². The van der Waals surface area contributed by atoms with Crippen molar-refractivity contribution in [1.82, 2.24) is 10.0 Å². The molecule has 0 radical (unpaired) electrons. The van der Waals surface area contributed by atoms with Crippen LogP contribution in [0.1, 0.15) is 32.8 Å². The highest BCUT2D eigenvalue weighted by Gasteiger charge is 2.18. The first kappa shape index (κ1) is 20.1. The highest BCUT2D eigenvalue weighted by molar-refractivity contribution is 7.89. The molecule has 0 aromatic heterocycles. The summed E-state index contributed by atoms with van der Waals surface area (Å²) in [5.74, 6) is -1.08. The molecule has 8 heteroatoms. The van der Waals surface area contributed by atoms with Gasteiger partial charge >= 0.3 is 5.97 Å². The van der Waals surface area contributed by atoms with E-state index < -0.39 is 21.9 Å². The standard InChI is InChI=1S/C16H24N2O5S/c1-16(2,3)12-5-7-13(8-6-12)24(21,22)18-10-9-15(20)23-11-14(19)17-4/h5-8,18H,9-11H2,1-4H3,(H,17,19). The summed E-state index contributed by atoms with van der Waals surface area (Å²) >= 11 is 0. The van der Waals surface area contributed by atoms with Gasteiger partial charge in [0.2, 0.25) is 10.0 Å². The molecule has 1 amide bonds. The number of carbonyl (C=O) groups is 2. The summed E-state index contributed by atoms with van der Waals surface area (Å²) in [4.78, 5) is 22.5. The third-order valence-electron chi connectivity index (χ3n) is 3.29. The minimum Gasteiger partial charge on any atom is -0.456 e. The molecule has 1 aromatic carbocycles. The lowest BCUT2D eigenvalue weighted by Crippen LogP contribution is -2.29. The number of ether oxygens (including phenoxy) is 1. The molecule has 0 aliphatic heterocycles. The Balaban J connectivity index is 2.55. The fourth-order valence-corrected chi connectivity index (χ4v) is 2.83. The molecule has 24 heavy (non-hydrogen) atoms. The molecular formula is C16H24N2O5S. The molecule has 0 bridgehead atoms. The van der Waals surface area contributed by atoms with Gasteiger partial charge in [-0.25, -0.2) is 13.1 Å². The molecule has 0 heterocycles. The van der Waals surface area contributed by atoms with E-state index in [-0.39, 0.29) is 29.9 Å². The molecule has 0 aliphatic carbocycles. The number of amides is 1. The van der Waals surface area contributed by atoms with Gasteiger partial charge in [-0.2, -0.15) is 0 Å². The van der Waals surface area contributed by atoms with Crippen LogP contribution in [-0.4, -0.2) is 40.5 Å². The quantitative estimate of drug-likeness (QED) is 0.708. The Morgan fingerprint density at radius 2 is 1.71 bits per heavy atom. The number of nitrogens with one attached hydrogen (secondary N) is 2. The fraction of sp³-hybridized carbons (Fsp3) is 0.500. The van der Waals surface area contributed by atoms with E-state index in [0.717, 1.165) is 5.56 Å². The zero-order valence-corrected chi connectivity index (χ0v) is 15.2. The summed E-state index contributed by atoms with van der Waals surface area (Å²) in [7, 11) is -2.27. The van der Waals surface area contributed by atoms with Crippen molar-refractivity contribution in [2.24, 2.45) is 0 Å². The van der Waals surface area contributed by atoms with Crippen LogP contribution in [0.2, 0.25) is 0 Å². The number of sulfonamides is 1. The van der Waals surface area contributed by atoms with Gasteiger partial charge in [0.05, 0.1) is 11.3 Å². The lowest BCUT2D eigenvalue weighted by Gasteiger charge is -2.19. The predicted molar refractivity (Wildman–Crippen MR) is 90.0 cm³/mol. The van der Waals surface area contributed by atoms with Crippen LogP contribution in [0, 0.1) is 0 Å². The Hall–Kier alpha value is -1.93. The van der Waals surface area contributed by atoms with Gasteiger partial charge in [0, 0.05) is 13.6 Å². The number of carbonyl (C=O) groups excluding carboxylic acids is 2. The van der Waals surface area contributed by atoms with E-state index in [0.29, 0.717) is 0 Å². The van der Waals surface area contributed by atoms with Gasteiger partial charge in [0.1, 0.15) is 0 Å². The normalized spacial score (nSPS) is 11.8. The lowest BCUT2D eigenvalue weighted by atomic mass is 9.87. The van der Waals surface area contributed by atoms with Crippen molar-refractivity contribution in [3.8, 4) is 0 Å². The van der Waals surface area contributed by atoms with Crippen molar-refractivity contribution >= 4 is 21.9 Å². The lowest BCUT2D eigenvalue weighted by molar-refractivity contribution is -0.148. The van der Waals surface area contributed by atoms with Crippen molar-refractivity contribution in [1.29, 1.82) is 0 Å². The van der Waals surface area contributed by atoms with Gasteiger partial charge in [-0.15, -0.1) is 0 Å². The summed E-state index contributed by atoms with van der Waals surface area (Å²) < 4.78 is 31.3. The minimum absolute atomic E-state index is 0.0652. The maximum Gasteiger partial charge on any atom is 0.307 e. The Labute approximate surface area is 142 Å². The highest BCUT2D eigenvalue weighted by atomic mass is 32.2. The summed E-state index contributed by atoms with van der Waals surface area (Å²) in [6, 6.07) is 6.61. The molecule has 134 valence electrons. The molecule has 1 rings (SSSR count). The minimum atomic E-state index is -3.69. The maximum atomic E-state index is 12.2. The fourth-order valence-electron chi connectivity index (χ4n) is 1.80. The van der Waals surface area contributed by atoms with Gasteiger partial charge in [0.25, 0.3) is 5.91 Å². The van der Waals surface area contributed by atoms with Crippen molar-refractivity contribution in [2.45, 2.75) is 37.5 Å². The number of hydrogen-bond acceptors (Lipinski definition) is 5. The second kappa shape index (κ2) is 8.25. The van der Waals surface area contributed by atoms with Crippen LogP contribution in [0.5, 0.6) is 0 Å². The number of benzene rings is 1. The van der Waals surface area contributed by atoms with Crippen molar-refractivity contribution in [3.63, 3.8) is 0 Å². The second-order valence-corrected chi connectivity index (χ2v) is 8.02. The van der Waals surface area contributed by atoms with Crippen LogP contribution in [-0.2, 0) is 29.8 Å². The number of esters is 1. The molecule has 2 N–H and O–H groups in total. The first-order chi connectivity index (χ1) is 11.1. The zero-order chi connectivity index (χ0) is 18.4. The van der Waals surface area contributed by atoms with E-state index in [9.17, 15) is 18.0 Å². The first-order valence-corrected chi connectivity index (χ1v) is 9.01. The molecule has 7 nitrogen and oxygen atoms in total. The van der Waals surface area contributed by atoms with E-state index in [4.69, 9.17) is 0 Å². The largest absolute Gasteiger partial charge is 0.456 e. The van der Waals surface area contributed by atoms with E-state index >= 15 is 0 Å². The van der Waals surface area contributed by atoms with E-state index in [1.165, 1.54) is 19.2 Å². The number of rotatable bonds is 7. The molecule has 0 unspecified atom stereocenters. The average molecular weight is 356 g/mol. The second-order valence-electron chi connectivity index (χ2n) is 6.26. The first-order valence-electron chi connectivity index (χ1n) is 7.52. The van der Waals surface area contributed by atoms with E-state index in [1.807, 2.05) is 20.8 Å². The van der Waals surface area contributed by atoms with Crippen LogP contribution in [0.25, 0.3) is 0 Å². The van der Waals surface area contributed by atoms with Crippen LogP contribution in [0.4, 0.5) is 0 Å². The molecule has 0 atom stereocenters. The monoisotopic (exact) mass is 356 g/mol. The van der Waals surface area contributed by atoms with Crippen LogP contribution >= 0.6 is 0 Å². The van der Waals surface area contributed by atoms with Gasteiger partial charge < -0.3 is 10.1 Å². The van der Waals surface area contributed by atoms with Crippen molar-refractivity contribution in [2.75, 3.05) is 20.2 Å². The van der Waals surface area contributed by atoms with E-state index in [1.54, 1.807) is 12.1 Å².